The number of fused-ring (bicyclic) bond motifs is 1. The van der Waals surface area contributed by atoms with Gasteiger partial charge in [-0.05, 0) is 49.4 Å². The number of carbonyl (C=O) groups is 1. The van der Waals surface area contributed by atoms with Gasteiger partial charge in [-0.1, -0.05) is 18.2 Å². The van der Waals surface area contributed by atoms with E-state index in [0.29, 0.717) is 13.0 Å². The van der Waals surface area contributed by atoms with Gasteiger partial charge in [0, 0.05) is 23.7 Å². The van der Waals surface area contributed by atoms with Crippen LogP contribution in [0, 0.1) is 13.8 Å². The topological polar surface area (TPSA) is 39.1 Å². The van der Waals surface area contributed by atoms with Crippen molar-refractivity contribution in [3.63, 3.8) is 0 Å². The summed E-state index contributed by atoms with van der Waals surface area (Å²) in [7, 11) is 0. The normalized spacial score (nSPS) is 14.1. The smallest absolute Gasteiger partial charge is 0.251 e. The van der Waals surface area contributed by atoms with Gasteiger partial charge in [-0.3, -0.25) is 9.59 Å². The summed E-state index contributed by atoms with van der Waals surface area (Å²) in [5.41, 5.74) is 5.15. The number of hydrogen-bond donors (Lipinski definition) is 0. The first kappa shape index (κ1) is 13.8. The molecule has 2 aromatic rings. The Labute approximate surface area is 124 Å². The van der Waals surface area contributed by atoms with Crippen molar-refractivity contribution in [1.82, 2.24) is 4.57 Å². The lowest BCUT2D eigenvalue weighted by atomic mass is 9.94. The lowest BCUT2D eigenvalue weighted by molar-refractivity contribution is 0.0970. The standard InChI is InChI=1S/C18H19NO2/c1-12-5-3-6-13(2)15(12)11-19-16-7-4-8-17(20)14(16)9-10-18(19)21/h3,5-6,9-10H,4,7-8,11H2,1-2H3. The number of nitrogens with zero attached hydrogens (tertiary/aromatic N) is 1. The summed E-state index contributed by atoms with van der Waals surface area (Å²) in [4.78, 5) is 24.3. The molecule has 0 unspecified atom stereocenters. The number of pyridine rings is 1. The Balaban J connectivity index is 2.13. The van der Waals surface area contributed by atoms with Gasteiger partial charge >= 0.3 is 0 Å². The molecule has 1 aliphatic carbocycles. The van der Waals surface area contributed by atoms with E-state index in [-0.39, 0.29) is 11.3 Å². The van der Waals surface area contributed by atoms with Crippen molar-refractivity contribution >= 4 is 5.78 Å². The molecule has 1 aromatic heterocycles. The van der Waals surface area contributed by atoms with E-state index in [2.05, 4.69) is 26.0 Å². The second kappa shape index (κ2) is 5.32. The molecule has 0 bridgehead atoms. The van der Waals surface area contributed by atoms with E-state index in [1.807, 2.05) is 6.07 Å². The Bertz CT molecular complexity index is 751. The van der Waals surface area contributed by atoms with Crippen LogP contribution in [-0.2, 0) is 13.0 Å². The summed E-state index contributed by atoms with van der Waals surface area (Å²) < 4.78 is 1.78. The minimum Gasteiger partial charge on any atom is -0.307 e. The number of carbonyl (C=O) groups excluding carboxylic acids is 1. The Kier molecular flexibility index (Phi) is 3.50. The summed E-state index contributed by atoms with van der Waals surface area (Å²) in [5, 5.41) is 0. The fraction of sp³-hybridized carbons (Fsp3) is 0.333. The average molecular weight is 281 g/mol. The maximum atomic E-state index is 12.3. The van der Waals surface area contributed by atoms with Gasteiger partial charge in [-0.25, -0.2) is 0 Å². The zero-order valence-corrected chi connectivity index (χ0v) is 12.5. The molecule has 0 spiro atoms. The summed E-state index contributed by atoms with van der Waals surface area (Å²) >= 11 is 0. The molecular formula is C18H19NO2. The van der Waals surface area contributed by atoms with E-state index in [0.717, 1.165) is 24.1 Å². The van der Waals surface area contributed by atoms with Gasteiger partial charge in [-0.15, -0.1) is 0 Å². The lowest BCUT2D eigenvalue weighted by Crippen LogP contribution is -2.28. The summed E-state index contributed by atoms with van der Waals surface area (Å²) in [6.45, 7) is 4.68. The second-order valence-electron chi connectivity index (χ2n) is 5.77. The third kappa shape index (κ3) is 2.44. The molecule has 3 nitrogen and oxygen atoms in total. The van der Waals surface area contributed by atoms with E-state index in [1.165, 1.54) is 22.8 Å². The quantitative estimate of drug-likeness (QED) is 0.848. The van der Waals surface area contributed by atoms with Gasteiger partial charge in [0.15, 0.2) is 5.78 Å². The lowest BCUT2D eigenvalue weighted by Gasteiger charge is -2.21. The van der Waals surface area contributed by atoms with E-state index in [1.54, 1.807) is 10.6 Å². The highest BCUT2D eigenvalue weighted by Gasteiger charge is 2.21. The van der Waals surface area contributed by atoms with E-state index in [9.17, 15) is 9.59 Å². The van der Waals surface area contributed by atoms with Crippen LogP contribution in [0.3, 0.4) is 0 Å². The molecule has 1 aliphatic rings. The van der Waals surface area contributed by atoms with E-state index < -0.39 is 0 Å². The molecular weight excluding hydrogens is 262 g/mol. The predicted molar refractivity (Wildman–Crippen MR) is 83.0 cm³/mol. The van der Waals surface area contributed by atoms with Crippen LogP contribution in [0.25, 0.3) is 0 Å². The molecule has 3 heteroatoms. The van der Waals surface area contributed by atoms with Crippen molar-refractivity contribution in [2.75, 3.05) is 0 Å². The molecule has 0 N–H and O–H groups in total. The number of rotatable bonds is 2. The Morgan fingerprint density at radius 1 is 1.00 bits per heavy atom. The number of Topliss-reactive ketones (excluding diaryl/α,β-unsaturated/α-hetero) is 1. The fourth-order valence-electron chi connectivity index (χ4n) is 3.12. The monoisotopic (exact) mass is 281 g/mol. The van der Waals surface area contributed by atoms with Crippen LogP contribution in [0.5, 0.6) is 0 Å². The molecule has 108 valence electrons. The Hall–Kier alpha value is -2.16. The number of aryl methyl sites for hydroxylation is 2. The zero-order chi connectivity index (χ0) is 15.0. The first-order valence-corrected chi connectivity index (χ1v) is 7.39. The molecule has 1 aromatic carbocycles. The van der Waals surface area contributed by atoms with Crippen LogP contribution in [0.1, 0.15) is 45.6 Å². The van der Waals surface area contributed by atoms with Crippen LogP contribution in [-0.4, -0.2) is 10.4 Å². The Morgan fingerprint density at radius 3 is 2.43 bits per heavy atom. The predicted octanol–water partition coefficient (Wildman–Crippen LogP) is 3.03. The molecule has 0 atom stereocenters. The van der Waals surface area contributed by atoms with Crippen molar-refractivity contribution in [2.45, 2.75) is 39.7 Å². The van der Waals surface area contributed by atoms with Crippen molar-refractivity contribution < 1.29 is 4.79 Å². The molecule has 1 heterocycles. The van der Waals surface area contributed by atoms with E-state index >= 15 is 0 Å². The second-order valence-corrected chi connectivity index (χ2v) is 5.77. The molecule has 3 rings (SSSR count). The SMILES string of the molecule is Cc1cccc(C)c1Cn1c2c(ccc1=O)C(=O)CCC2. The maximum absolute atomic E-state index is 12.3. The fourth-order valence-corrected chi connectivity index (χ4v) is 3.12. The summed E-state index contributed by atoms with van der Waals surface area (Å²) in [6.07, 6.45) is 2.23. The minimum absolute atomic E-state index is 0.0221. The largest absolute Gasteiger partial charge is 0.307 e. The van der Waals surface area contributed by atoms with Crippen LogP contribution >= 0.6 is 0 Å². The van der Waals surface area contributed by atoms with Crippen molar-refractivity contribution in [1.29, 1.82) is 0 Å². The van der Waals surface area contributed by atoms with Gasteiger partial charge in [0.1, 0.15) is 0 Å². The maximum Gasteiger partial charge on any atom is 0.251 e. The van der Waals surface area contributed by atoms with Crippen molar-refractivity contribution in [3.8, 4) is 0 Å². The van der Waals surface area contributed by atoms with Gasteiger partial charge in [0.2, 0.25) is 0 Å². The first-order chi connectivity index (χ1) is 10.1. The van der Waals surface area contributed by atoms with Crippen molar-refractivity contribution in [2.24, 2.45) is 0 Å². The number of aromatic nitrogens is 1. The highest BCUT2D eigenvalue weighted by Crippen LogP contribution is 2.22. The third-order valence-corrected chi connectivity index (χ3v) is 4.37. The van der Waals surface area contributed by atoms with Gasteiger partial charge in [0.25, 0.3) is 5.56 Å². The molecule has 0 radical (unpaired) electrons. The van der Waals surface area contributed by atoms with Crippen LogP contribution in [0.4, 0.5) is 0 Å². The average Bonchev–Trinajstić information content (AvgIpc) is 2.45. The summed E-state index contributed by atoms with van der Waals surface area (Å²) in [6, 6.07) is 9.37. The van der Waals surface area contributed by atoms with Gasteiger partial charge in [-0.2, -0.15) is 0 Å². The first-order valence-electron chi connectivity index (χ1n) is 7.39. The minimum atomic E-state index is -0.0221. The van der Waals surface area contributed by atoms with Crippen LogP contribution < -0.4 is 5.56 Å². The molecule has 0 saturated heterocycles. The molecule has 0 aliphatic heterocycles. The highest BCUT2D eigenvalue weighted by atomic mass is 16.1. The molecule has 0 amide bonds. The Morgan fingerprint density at radius 2 is 1.71 bits per heavy atom. The van der Waals surface area contributed by atoms with E-state index in [4.69, 9.17) is 0 Å². The van der Waals surface area contributed by atoms with Gasteiger partial charge < -0.3 is 4.57 Å². The van der Waals surface area contributed by atoms with Crippen LogP contribution in [0.2, 0.25) is 0 Å². The molecule has 0 fully saturated rings. The zero-order valence-electron chi connectivity index (χ0n) is 12.5. The van der Waals surface area contributed by atoms with Crippen molar-refractivity contribution in [3.05, 3.63) is 68.6 Å². The highest BCUT2D eigenvalue weighted by molar-refractivity contribution is 5.97. The number of ketones is 1. The summed E-state index contributed by atoms with van der Waals surface area (Å²) in [5.74, 6) is 0.159. The van der Waals surface area contributed by atoms with Gasteiger partial charge in [0.05, 0.1) is 6.54 Å². The third-order valence-electron chi connectivity index (χ3n) is 4.37. The number of hydrogen-bond acceptors (Lipinski definition) is 2. The van der Waals surface area contributed by atoms with Crippen LogP contribution in [0.15, 0.2) is 35.1 Å². The molecule has 21 heavy (non-hydrogen) atoms. The molecule has 0 saturated carbocycles. The number of benzene rings is 1.